The Morgan fingerprint density at radius 2 is 1.95 bits per heavy atom. The molecule has 1 aliphatic heterocycles. The number of H-pyrrole nitrogens is 1. The van der Waals surface area contributed by atoms with Crippen molar-refractivity contribution in [1.29, 1.82) is 0 Å². The third-order valence-electron chi connectivity index (χ3n) is 3.97. The van der Waals surface area contributed by atoms with Crippen molar-refractivity contribution in [1.82, 2.24) is 9.97 Å². The molecule has 4 nitrogen and oxygen atoms in total. The molecule has 0 amide bonds. The van der Waals surface area contributed by atoms with Crippen molar-refractivity contribution in [3.8, 4) is 0 Å². The van der Waals surface area contributed by atoms with Crippen LogP contribution in [-0.2, 0) is 6.42 Å². The molecule has 1 aliphatic rings. The number of aromatic nitrogens is 2. The third kappa shape index (κ3) is 3.07. The average Bonchev–Trinajstić information content (AvgIpc) is 2.49. The first-order valence-electron chi connectivity index (χ1n) is 7.15. The van der Waals surface area contributed by atoms with Gasteiger partial charge in [0.1, 0.15) is 5.82 Å². The summed E-state index contributed by atoms with van der Waals surface area (Å²) in [4.78, 5) is 20.3. The minimum Gasteiger partial charge on any atom is -0.356 e. The van der Waals surface area contributed by atoms with Crippen molar-refractivity contribution in [3.63, 3.8) is 0 Å². The van der Waals surface area contributed by atoms with Crippen LogP contribution in [0.25, 0.3) is 0 Å². The molecule has 0 saturated carbocycles. The van der Waals surface area contributed by atoms with Gasteiger partial charge in [-0.15, -0.1) is 0 Å². The molecule has 2 aromatic rings. The maximum Gasteiger partial charge on any atom is 0.252 e. The second kappa shape index (κ2) is 5.90. The number of hydrogen-bond acceptors (Lipinski definition) is 3. The summed E-state index contributed by atoms with van der Waals surface area (Å²) < 4.78 is 0. The molecular weight excluding hydrogens is 250 g/mol. The zero-order chi connectivity index (χ0) is 13.8. The Kier molecular flexibility index (Phi) is 3.81. The third-order valence-corrected chi connectivity index (χ3v) is 3.97. The second-order valence-corrected chi connectivity index (χ2v) is 5.39. The minimum atomic E-state index is -0.0820. The highest BCUT2D eigenvalue weighted by atomic mass is 16.1. The molecule has 1 fully saturated rings. The SMILES string of the molecule is O=c1cc(N2CCC(Cc3ccccc3)CC2)nc[nH]1. The van der Waals surface area contributed by atoms with Crippen molar-refractivity contribution < 1.29 is 0 Å². The zero-order valence-electron chi connectivity index (χ0n) is 11.5. The van der Waals surface area contributed by atoms with Gasteiger partial charge in [-0.05, 0) is 30.7 Å². The van der Waals surface area contributed by atoms with Crippen LogP contribution in [0.1, 0.15) is 18.4 Å². The van der Waals surface area contributed by atoms with Gasteiger partial charge >= 0.3 is 0 Å². The van der Waals surface area contributed by atoms with Gasteiger partial charge in [-0.3, -0.25) is 4.79 Å². The van der Waals surface area contributed by atoms with E-state index in [0.717, 1.165) is 44.1 Å². The first-order chi connectivity index (χ1) is 9.81. The van der Waals surface area contributed by atoms with Crippen LogP contribution in [0.4, 0.5) is 5.82 Å². The lowest BCUT2D eigenvalue weighted by molar-refractivity contribution is 0.402. The summed E-state index contributed by atoms with van der Waals surface area (Å²) in [6.45, 7) is 1.96. The molecule has 104 valence electrons. The second-order valence-electron chi connectivity index (χ2n) is 5.39. The van der Waals surface area contributed by atoms with E-state index in [9.17, 15) is 4.79 Å². The van der Waals surface area contributed by atoms with E-state index in [4.69, 9.17) is 0 Å². The molecule has 0 radical (unpaired) electrons. The van der Waals surface area contributed by atoms with Crippen molar-refractivity contribution in [2.45, 2.75) is 19.3 Å². The average molecular weight is 269 g/mol. The van der Waals surface area contributed by atoms with E-state index in [1.54, 1.807) is 6.07 Å². The first kappa shape index (κ1) is 12.9. The van der Waals surface area contributed by atoms with Crippen LogP contribution in [0.2, 0.25) is 0 Å². The molecule has 0 bridgehead atoms. The minimum absolute atomic E-state index is 0.0820. The lowest BCUT2D eigenvalue weighted by Crippen LogP contribution is -2.35. The highest BCUT2D eigenvalue weighted by Crippen LogP contribution is 2.23. The summed E-state index contributed by atoms with van der Waals surface area (Å²) in [5.74, 6) is 1.53. The molecule has 1 N–H and O–H groups in total. The number of rotatable bonds is 3. The van der Waals surface area contributed by atoms with Crippen LogP contribution in [0, 0.1) is 5.92 Å². The number of benzene rings is 1. The van der Waals surface area contributed by atoms with E-state index in [1.807, 2.05) is 0 Å². The normalized spacial score (nSPS) is 16.3. The Hall–Kier alpha value is -2.10. The molecule has 20 heavy (non-hydrogen) atoms. The van der Waals surface area contributed by atoms with Crippen molar-refractivity contribution >= 4 is 5.82 Å². The van der Waals surface area contributed by atoms with E-state index in [0.29, 0.717) is 0 Å². The predicted octanol–water partition coefficient (Wildman–Crippen LogP) is 2.23. The summed E-state index contributed by atoms with van der Waals surface area (Å²) in [5.41, 5.74) is 1.33. The fraction of sp³-hybridized carbons (Fsp3) is 0.375. The van der Waals surface area contributed by atoms with Gasteiger partial charge in [0.05, 0.1) is 6.33 Å². The standard InChI is InChI=1S/C16H19N3O/c20-16-11-15(17-12-18-16)19-8-6-14(7-9-19)10-13-4-2-1-3-5-13/h1-5,11-12,14H,6-10H2,(H,17,18,20). The maximum absolute atomic E-state index is 11.3. The largest absolute Gasteiger partial charge is 0.356 e. The maximum atomic E-state index is 11.3. The van der Waals surface area contributed by atoms with E-state index < -0.39 is 0 Å². The van der Waals surface area contributed by atoms with E-state index in [2.05, 4.69) is 45.2 Å². The molecule has 0 aliphatic carbocycles. The Bertz CT molecular complexity index is 600. The molecule has 2 heterocycles. The van der Waals surface area contributed by atoms with Gasteiger partial charge in [0, 0.05) is 19.2 Å². The van der Waals surface area contributed by atoms with E-state index in [-0.39, 0.29) is 5.56 Å². The summed E-state index contributed by atoms with van der Waals surface area (Å²) >= 11 is 0. The molecule has 1 saturated heterocycles. The number of aromatic amines is 1. The Balaban J connectivity index is 1.58. The molecular formula is C16H19N3O. The quantitative estimate of drug-likeness (QED) is 0.929. The number of nitrogens with zero attached hydrogens (tertiary/aromatic N) is 2. The van der Waals surface area contributed by atoms with Crippen LogP contribution in [-0.4, -0.2) is 23.1 Å². The van der Waals surface area contributed by atoms with Crippen molar-refractivity contribution in [2.75, 3.05) is 18.0 Å². The highest BCUT2D eigenvalue weighted by Gasteiger charge is 2.20. The molecule has 4 heteroatoms. The van der Waals surface area contributed by atoms with Crippen molar-refractivity contribution in [2.24, 2.45) is 5.92 Å². The number of nitrogens with one attached hydrogen (secondary N) is 1. The van der Waals surface area contributed by atoms with Gasteiger partial charge in [-0.2, -0.15) is 0 Å². The molecule has 1 aromatic carbocycles. The van der Waals surface area contributed by atoms with Crippen LogP contribution in [0.3, 0.4) is 0 Å². The van der Waals surface area contributed by atoms with E-state index in [1.165, 1.54) is 11.9 Å². The van der Waals surface area contributed by atoms with Gasteiger partial charge < -0.3 is 9.88 Å². The van der Waals surface area contributed by atoms with Crippen molar-refractivity contribution in [3.05, 3.63) is 58.6 Å². The Labute approximate surface area is 118 Å². The first-order valence-corrected chi connectivity index (χ1v) is 7.15. The van der Waals surface area contributed by atoms with Gasteiger partial charge in [0.2, 0.25) is 0 Å². The predicted molar refractivity (Wildman–Crippen MR) is 79.9 cm³/mol. The summed E-state index contributed by atoms with van der Waals surface area (Å²) in [6.07, 6.45) is 4.94. The molecule has 1 aromatic heterocycles. The molecule has 0 unspecified atom stereocenters. The fourth-order valence-corrected chi connectivity index (χ4v) is 2.84. The summed E-state index contributed by atoms with van der Waals surface area (Å²) in [7, 11) is 0. The van der Waals surface area contributed by atoms with Crippen LogP contribution >= 0.6 is 0 Å². The lowest BCUT2D eigenvalue weighted by Gasteiger charge is -2.32. The molecule has 3 rings (SSSR count). The van der Waals surface area contributed by atoms with Gasteiger partial charge in [0.15, 0.2) is 0 Å². The lowest BCUT2D eigenvalue weighted by atomic mass is 9.90. The molecule has 0 atom stereocenters. The monoisotopic (exact) mass is 269 g/mol. The highest BCUT2D eigenvalue weighted by molar-refractivity contribution is 5.36. The Morgan fingerprint density at radius 3 is 2.65 bits per heavy atom. The number of anilines is 1. The van der Waals surface area contributed by atoms with Crippen LogP contribution in [0.5, 0.6) is 0 Å². The topological polar surface area (TPSA) is 49.0 Å². The summed E-state index contributed by atoms with van der Waals surface area (Å²) in [5, 5.41) is 0. The van der Waals surface area contributed by atoms with Crippen LogP contribution in [0.15, 0.2) is 47.5 Å². The van der Waals surface area contributed by atoms with Gasteiger partial charge in [-0.25, -0.2) is 4.98 Å². The number of piperidine rings is 1. The zero-order valence-corrected chi connectivity index (χ0v) is 11.5. The van der Waals surface area contributed by atoms with Crippen LogP contribution < -0.4 is 10.5 Å². The summed E-state index contributed by atoms with van der Waals surface area (Å²) in [6, 6.07) is 12.2. The smallest absolute Gasteiger partial charge is 0.252 e. The fourth-order valence-electron chi connectivity index (χ4n) is 2.84. The number of hydrogen-bond donors (Lipinski definition) is 1. The van der Waals surface area contributed by atoms with E-state index >= 15 is 0 Å². The van der Waals surface area contributed by atoms with Gasteiger partial charge in [-0.1, -0.05) is 30.3 Å². The molecule has 0 spiro atoms. The van der Waals surface area contributed by atoms with Gasteiger partial charge in [0.25, 0.3) is 5.56 Å². The Morgan fingerprint density at radius 1 is 1.20 bits per heavy atom.